The molecule has 4 aromatic carbocycles. The van der Waals surface area contributed by atoms with Crippen molar-refractivity contribution in [3.8, 4) is 28.6 Å². The Bertz CT molecular complexity index is 2880. The number of tetrazole rings is 1. The van der Waals surface area contributed by atoms with Crippen molar-refractivity contribution in [2.75, 3.05) is 59.0 Å². The van der Waals surface area contributed by atoms with E-state index >= 15 is 16.8 Å². The molecule has 1 fully saturated rings. The number of anilines is 1. The van der Waals surface area contributed by atoms with E-state index in [0.29, 0.717) is 66.5 Å². The maximum atomic E-state index is 16.3. The average Bonchev–Trinajstić information content (AvgIpc) is 3.82. The zero-order chi connectivity index (χ0) is 54.1. The van der Waals surface area contributed by atoms with E-state index in [0.717, 1.165) is 11.1 Å². The van der Waals surface area contributed by atoms with Gasteiger partial charge in [0, 0.05) is 51.5 Å². The van der Waals surface area contributed by atoms with Crippen LogP contribution in [0, 0.1) is 0 Å². The Hall–Kier alpha value is -5.88. The first-order valence-electron chi connectivity index (χ1n) is 24.5. The monoisotopic (exact) mass is 1080 g/mol. The van der Waals surface area contributed by atoms with Crippen molar-refractivity contribution in [1.29, 1.82) is 0 Å². The molecule has 0 saturated carbocycles. The zero-order valence-electron chi connectivity index (χ0n) is 44.5. The largest absolute Gasteiger partial charge is 0.497 e. The zero-order valence-corrected chi connectivity index (χ0v) is 47.1. The number of ether oxygens (including phenoxy) is 4. The standard InChI is InChI=1S/C52H73N9O10S2Si/c1-51(2,3)70-50(62)54-32-44(71-74(10,11)52(4,5)6)33-55-72(63,64)46-25-24-45(59-30-27-37(26-29-53)28-31-59)47(49-56-58-61(57-49)36-40-16-22-43(69-9)23-17-40)48(46)73(65,66)60(34-38-12-18-41(67-7)19-13-38)35-39-14-20-42(68-8)21-15-39/h12-26,44,55H,27-36,53H2,1-11H3,(H,54,62)/t44-/m1/s1. The molecule has 0 radical (unpaired) electrons. The SMILES string of the molecule is COc1ccc(CN(Cc2ccc(OC)cc2)S(=O)(=O)c2c(S(=O)(=O)NC[C@@H](CNC(=O)OC(C)(C)C)O[Si](C)(C)C(C)(C)C)ccc(N3CCC(=CCN)CC3)c2-c2nnn(Cc3ccc(OC)cc3)n2)cc1. The van der Waals surface area contributed by atoms with Crippen molar-refractivity contribution in [2.45, 2.75) is 114 Å². The molecular weight excluding hydrogens is 1000 g/mol. The Labute approximate surface area is 438 Å². The van der Waals surface area contributed by atoms with Crippen molar-refractivity contribution in [3.05, 3.63) is 113 Å². The highest BCUT2D eigenvalue weighted by Crippen LogP contribution is 2.43. The third-order valence-corrected chi connectivity index (χ3v) is 21.0. The molecule has 402 valence electrons. The number of hydrogen-bond acceptors (Lipinski definition) is 15. The number of carbonyl (C=O) groups is 1. The number of carbonyl (C=O) groups excluding carboxylic acids is 1. The number of rotatable bonds is 22. The van der Waals surface area contributed by atoms with Gasteiger partial charge >= 0.3 is 6.09 Å². The summed E-state index contributed by atoms with van der Waals surface area (Å²) in [6, 6.07) is 24.2. The van der Waals surface area contributed by atoms with Crippen molar-refractivity contribution < 1.29 is 45.0 Å². The Morgan fingerprint density at radius 2 is 1.31 bits per heavy atom. The molecular formula is C52H73N9O10S2Si. The lowest BCUT2D eigenvalue weighted by Gasteiger charge is -2.39. The van der Waals surface area contributed by atoms with Gasteiger partial charge in [-0.3, -0.25) is 0 Å². The molecule has 1 saturated heterocycles. The number of aromatic nitrogens is 4. The fourth-order valence-electron chi connectivity index (χ4n) is 7.98. The number of benzene rings is 4. The number of alkyl carbamates (subject to hydrolysis) is 1. The minimum absolute atomic E-state index is 0.0461. The van der Waals surface area contributed by atoms with Crippen LogP contribution in [0.25, 0.3) is 11.4 Å². The number of sulfonamides is 2. The van der Waals surface area contributed by atoms with Gasteiger partial charge in [0.1, 0.15) is 32.6 Å². The molecule has 1 aliphatic rings. The number of hydrogen-bond donors (Lipinski definition) is 3. The molecule has 2 heterocycles. The predicted molar refractivity (Wildman–Crippen MR) is 288 cm³/mol. The fourth-order valence-corrected chi connectivity index (χ4v) is 12.8. The summed E-state index contributed by atoms with van der Waals surface area (Å²) in [5, 5.41) is 16.1. The van der Waals surface area contributed by atoms with Gasteiger partial charge in [-0.15, -0.1) is 10.2 Å². The van der Waals surface area contributed by atoms with E-state index < -0.39 is 56.0 Å². The molecule has 1 aliphatic heterocycles. The van der Waals surface area contributed by atoms with Crippen LogP contribution in [-0.4, -0.2) is 122 Å². The van der Waals surface area contributed by atoms with Gasteiger partial charge in [0.15, 0.2) is 8.32 Å². The first kappa shape index (κ1) is 57.4. The van der Waals surface area contributed by atoms with E-state index in [1.165, 1.54) is 29.4 Å². The molecule has 4 N–H and O–H groups in total. The number of nitrogens with one attached hydrogen (secondary N) is 2. The third kappa shape index (κ3) is 14.9. The van der Waals surface area contributed by atoms with Gasteiger partial charge in [-0.1, -0.05) is 68.8 Å². The van der Waals surface area contributed by atoms with Gasteiger partial charge in [-0.05, 0) is 122 Å². The molecule has 0 unspecified atom stereocenters. The van der Waals surface area contributed by atoms with Gasteiger partial charge in [-0.2, -0.15) is 9.10 Å². The van der Waals surface area contributed by atoms with Crippen molar-refractivity contribution in [1.82, 2.24) is 34.6 Å². The summed E-state index contributed by atoms with van der Waals surface area (Å²) >= 11 is 0. The molecule has 19 nitrogen and oxygen atoms in total. The Morgan fingerprint density at radius 3 is 1.80 bits per heavy atom. The molecule has 1 aromatic heterocycles. The molecule has 1 amide bonds. The fraction of sp³-hybridized carbons (Fsp3) is 0.462. The van der Waals surface area contributed by atoms with E-state index in [-0.39, 0.29) is 49.1 Å². The molecule has 74 heavy (non-hydrogen) atoms. The van der Waals surface area contributed by atoms with Gasteiger partial charge in [0.05, 0.1) is 39.5 Å². The molecule has 22 heteroatoms. The van der Waals surface area contributed by atoms with E-state index in [1.54, 1.807) is 94.6 Å². The van der Waals surface area contributed by atoms with E-state index in [4.69, 9.17) is 34.2 Å². The van der Waals surface area contributed by atoms with Crippen molar-refractivity contribution in [3.63, 3.8) is 0 Å². The molecule has 0 bridgehead atoms. The second-order valence-electron chi connectivity index (χ2n) is 20.6. The second kappa shape index (κ2) is 24.2. The highest BCUT2D eigenvalue weighted by molar-refractivity contribution is 7.92. The average molecular weight is 1080 g/mol. The number of piperidine rings is 1. The second-order valence-corrected chi connectivity index (χ2v) is 28.9. The van der Waals surface area contributed by atoms with Crippen LogP contribution in [0.15, 0.2) is 106 Å². The summed E-state index contributed by atoms with van der Waals surface area (Å²) in [6.07, 6.45) is 1.64. The van der Waals surface area contributed by atoms with Gasteiger partial charge in [-0.25, -0.2) is 26.4 Å². The van der Waals surface area contributed by atoms with Gasteiger partial charge < -0.3 is 39.3 Å². The first-order valence-corrected chi connectivity index (χ1v) is 30.3. The van der Waals surface area contributed by atoms with Crippen LogP contribution >= 0.6 is 0 Å². The van der Waals surface area contributed by atoms with Crippen LogP contribution in [-0.2, 0) is 48.8 Å². The summed E-state index contributed by atoms with van der Waals surface area (Å²) in [6.45, 7) is 16.0. The minimum Gasteiger partial charge on any atom is -0.497 e. The lowest BCUT2D eigenvalue weighted by molar-refractivity contribution is 0.0498. The maximum absolute atomic E-state index is 16.3. The Kier molecular flexibility index (Phi) is 18.8. The summed E-state index contributed by atoms with van der Waals surface area (Å²) in [7, 11) is -7.68. The van der Waals surface area contributed by atoms with Crippen molar-refractivity contribution in [2.24, 2.45) is 5.73 Å². The predicted octanol–water partition coefficient (Wildman–Crippen LogP) is 7.48. The van der Waals surface area contributed by atoms with Crippen LogP contribution in [0.2, 0.25) is 18.1 Å². The number of nitrogens with zero attached hydrogens (tertiary/aromatic N) is 6. The first-order chi connectivity index (χ1) is 34.9. The minimum atomic E-state index is -4.92. The molecule has 5 aromatic rings. The maximum Gasteiger partial charge on any atom is 0.407 e. The van der Waals surface area contributed by atoms with Crippen LogP contribution < -0.4 is 34.9 Å². The van der Waals surface area contributed by atoms with Crippen LogP contribution in [0.5, 0.6) is 17.2 Å². The highest BCUT2D eigenvalue weighted by Gasteiger charge is 2.42. The van der Waals surface area contributed by atoms with Crippen molar-refractivity contribution >= 4 is 40.1 Å². The number of amides is 1. The van der Waals surface area contributed by atoms with Crippen LogP contribution in [0.1, 0.15) is 71.1 Å². The number of methoxy groups -OCH3 is 3. The topological polar surface area (TPSA) is 232 Å². The van der Waals surface area contributed by atoms with E-state index in [1.807, 2.05) is 57.0 Å². The molecule has 0 spiro atoms. The smallest absolute Gasteiger partial charge is 0.407 e. The Balaban J connectivity index is 1.57. The van der Waals surface area contributed by atoms with Crippen LogP contribution in [0.3, 0.4) is 0 Å². The van der Waals surface area contributed by atoms with E-state index in [2.05, 4.69) is 20.4 Å². The molecule has 6 rings (SSSR count). The highest BCUT2D eigenvalue weighted by atomic mass is 32.2. The third-order valence-electron chi connectivity index (χ3n) is 13.0. The quantitative estimate of drug-likeness (QED) is 0.0450. The normalized spacial score (nSPS) is 14.2. The summed E-state index contributed by atoms with van der Waals surface area (Å²) in [5.74, 6) is 1.69. The van der Waals surface area contributed by atoms with Gasteiger partial charge in [0.25, 0.3) is 0 Å². The molecule has 0 aliphatic carbocycles. The summed E-state index contributed by atoms with van der Waals surface area (Å²) < 4.78 is 95.7. The lowest BCUT2D eigenvalue weighted by Crippen LogP contribution is -2.51. The Morgan fingerprint density at radius 1 is 0.784 bits per heavy atom. The summed E-state index contributed by atoms with van der Waals surface area (Å²) in [5.41, 5.74) is 8.64. The van der Waals surface area contributed by atoms with Gasteiger partial charge in [0.2, 0.25) is 25.9 Å². The molecule has 1 atom stereocenters. The summed E-state index contributed by atoms with van der Waals surface area (Å²) in [4.78, 5) is 15.2. The van der Waals surface area contributed by atoms with Crippen LogP contribution in [0.4, 0.5) is 10.5 Å². The number of nitrogens with two attached hydrogens (primary N) is 1. The lowest BCUT2D eigenvalue weighted by atomic mass is 10.0. The van der Waals surface area contributed by atoms with E-state index in [9.17, 15) is 4.79 Å².